The molecule has 2 heterocycles. The summed E-state index contributed by atoms with van der Waals surface area (Å²) in [5.41, 5.74) is -1.19. The van der Waals surface area contributed by atoms with Crippen molar-refractivity contribution >= 4 is 16.7 Å². The normalized spacial score (nSPS) is 16.8. The molecule has 0 saturated heterocycles. The van der Waals surface area contributed by atoms with Crippen LogP contribution in [0.3, 0.4) is 0 Å². The smallest absolute Gasteiger partial charge is 0.392 e. The van der Waals surface area contributed by atoms with Crippen molar-refractivity contribution in [2.24, 2.45) is 13.0 Å². The third-order valence-electron chi connectivity index (χ3n) is 6.00. The van der Waals surface area contributed by atoms with Gasteiger partial charge in [-0.25, -0.2) is 18.6 Å². The molecule has 4 rings (SSSR count). The van der Waals surface area contributed by atoms with Gasteiger partial charge in [0, 0.05) is 26.3 Å². The molecule has 1 unspecified atom stereocenters. The molecule has 12 heteroatoms. The van der Waals surface area contributed by atoms with Gasteiger partial charge in [0.15, 0.2) is 22.8 Å². The summed E-state index contributed by atoms with van der Waals surface area (Å²) in [7, 11) is 1.38. The van der Waals surface area contributed by atoms with Crippen LogP contribution >= 0.6 is 0 Å². The lowest BCUT2D eigenvalue weighted by molar-refractivity contribution is -0.175. The van der Waals surface area contributed by atoms with E-state index in [1.807, 2.05) is 0 Å². The first-order valence-corrected chi connectivity index (χ1v) is 10.6. The topological polar surface area (TPSA) is 82.0 Å². The fourth-order valence-electron chi connectivity index (χ4n) is 4.17. The third kappa shape index (κ3) is 4.06. The van der Waals surface area contributed by atoms with Crippen LogP contribution < -0.4 is 11.2 Å². The average molecular weight is 484 g/mol. The van der Waals surface area contributed by atoms with Gasteiger partial charge in [-0.1, -0.05) is 6.08 Å². The van der Waals surface area contributed by atoms with Crippen molar-refractivity contribution in [3.63, 3.8) is 0 Å². The molecule has 0 aliphatic heterocycles. The van der Waals surface area contributed by atoms with Crippen molar-refractivity contribution in [2.45, 2.75) is 38.4 Å². The summed E-state index contributed by atoms with van der Waals surface area (Å²) in [6.45, 7) is -0.360. The minimum absolute atomic E-state index is 0.0101. The average Bonchev–Trinajstić information content (AvgIpc) is 3.20. The van der Waals surface area contributed by atoms with E-state index in [-0.39, 0.29) is 61.5 Å². The highest BCUT2D eigenvalue weighted by molar-refractivity contribution is 5.79. The highest BCUT2D eigenvalue weighted by atomic mass is 19.4. The maximum Gasteiger partial charge on any atom is 0.392 e. The summed E-state index contributed by atoms with van der Waals surface area (Å²) < 4.78 is 70.4. The molecule has 1 aliphatic rings. The summed E-state index contributed by atoms with van der Waals surface area (Å²) in [5, 5.41) is 9.13. The van der Waals surface area contributed by atoms with Crippen molar-refractivity contribution in [1.29, 1.82) is 0 Å². The molecular weight excluding hydrogens is 463 g/mol. The Hall–Kier alpha value is -3.28. The van der Waals surface area contributed by atoms with Crippen LogP contribution in [0, 0.1) is 17.6 Å². The first-order valence-electron chi connectivity index (χ1n) is 10.6. The first kappa shape index (κ1) is 23.9. The Labute approximate surface area is 189 Å². The van der Waals surface area contributed by atoms with Crippen LogP contribution in [-0.2, 0) is 13.6 Å². The van der Waals surface area contributed by atoms with Gasteiger partial charge in [0.25, 0.3) is 5.56 Å². The summed E-state index contributed by atoms with van der Waals surface area (Å²) in [6, 6.07) is 2.93. The molecule has 34 heavy (non-hydrogen) atoms. The van der Waals surface area contributed by atoms with Gasteiger partial charge in [-0.2, -0.15) is 13.2 Å². The molecule has 0 bridgehead atoms. The SMILES string of the molecule is Cn1c(=O)n(CCCO)c(=O)c2c1nc(C1=CCC(C(F)(F)F)CC1)n2-c1ccc(F)c(F)c1. The molecule has 7 nitrogen and oxygen atoms in total. The summed E-state index contributed by atoms with van der Waals surface area (Å²) in [5.74, 6) is -3.75. The number of aliphatic hydroxyl groups excluding tert-OH is 1. The van der Waals surface area contributed by atoms with Gasteiger partial charge in [0.05, 0.1) is 11.6 Å². The van der Waals surface area contributed by atoms with Crippen LogP contribution in [0.4, 0.5) is 22.0 Å². The van der Waals surface area contributed by atoms with Gasteiger partial charge >= 0.3 is 11.9 Å². The molecule has 0 spiro atoms. The third-order valence-corrected chi connectivity index (χ3v) is 6.00. The Bertz CT molecular complexity index is 1400. The number of halogens is 5. The molecule has 1 N–H and O–H groups in total. The molecule has 0 amide bonds. The predicted octanol–water partition coefficient (Wildman–Crippen LogP) is 3.29. The monoisotopic (exact) mass is 484 g/mol. The van der Waals surface area contributed by atoms with E-state index >= 15 is 0 Å². The molecule has 0 saturated carbocycles. The van der Waals surface area contributed by atoms with Gasteiger partial charge in [-0.05, 0) is 43.4 Å². The van der Waals surface area contributed by atoms with E-state index in [1.54, 1.807) is 0 Å². The van der Waals surface area contributed by atoms with Crippen LogP contribution in [0.25, 0.3) is 22.4 Å². The predicted molar refractivity (Wildman–Crippen MR) is 114 cm³/mol. The quantitative estimate of drug-likeness (QED) is 0.564. The van der Waals surface area contributed by atoms with E-state index in [4.69, 9.17) is 5.11 Å². The fourth-order valence-corrected chi connectivity index (χ4v) is 4.17. The number of aryl methyl sites for hydroxylation is 1. The molecule has 0 radical (unpaired) electrons. The zero-order chi connectivity index (χ0) is 24.8. The number of alkyl halides is 3. The van der Waals surface area contributed by atoms with Crippen molar-refractivity contribution in [3.8, 4) is 5.69 Å². The van der Waals surface area contributed by atoms with E-state index in [9.17, 15) is 31.5 Å². The van der Waals surface area contributed by atoms with Crippen molar-refractivity contribution in [1.82, 2.24) is 18.7 Å². The summed E-state index contributed by atoms with van der Waals surface area (Å²) in [4.78, 5) is 30.4. The second-order valence-corrected chi connectivity index (χ2v) is 8.16. The maximum atomic E-state index is 14.1. The molecule has 3 aromatic rings. The Balaban J connectivity index is 2.01. The van der Waals surface area contributed by atoms with Crippen LogP contribution in [0.2, 0.25) is 0 Å². The fraction of sp³-hybridized carbons (Fsp3) is 0.409. The van der Waals surface area contributed by atoms with Crippen LogP contribution in [0.5, 0.6) is 0 Å². The van der Waals surface area contributed by atoms with Gasteiger partial charge < -0.3 is 5.11 Å². The highest BCUT2D eigenvalue weighted by Gasteiger charge is 2.40. The molecular formula is C22H21F5N4O3. The second-order valence-electron chi connectivity index (χ2n) is 8.16. The van der Waals surface area contributed by atoms with E-state index < -0.39 is 35.0 Å². The molecule has 2 aromatic heterocycles. The number of benzene rings is 1. The first-order chi connectivity index (χ1) is 16.0. The van der Waals surface area contributed by atoms with Crippen LogP contribution in [-0.4, -0.2) is 36.6 Å². The lowest BCUT2D eigenvalue weighted by atomic mass is 9.89. The Morgan fingerprint density at radius 2 is 1.91 bits per heavy atom. The maximum absolute atomic E-state index is 14.1. The minimum Gasteiger partial charge on any atom is -0.396 e. The Morgan fingerprint density at radius 1 is 1.18 bits per heavy atom. The molecule has 1 aromatic carbocycles. The number of nitrogens with zero attached hydrogens (tertiary/aromatic N) is 4. The van der Waals surface area contributed by atoms with E-state index in [2.05, 4.69) is 4.98 Å². The Kier molecular flexibility index (Phi) is 6.19. The van der Waals surface area contributed by atoms with Gasteiger partial charge in [-0.15, -0.1) is 0 Å². The zero-order valence-corrected chi connectivity index (χ0v) is 18.1. The van der Waals surface area contributed by atoms with Gasteiger partial charge in [-0.3, -0.25) is 18.5 Å². The Morgan fingerprint density at radius 3 is 2.50 bits per heavy atom. The number of allylic oxidation sites excluding steroid dienone is 2. The number of rotatable bonds is 5. The van der Waals surface area contributed by atoms with Gasteiger partial charge in [0.2, 0.25) is 0 Å². The van der Waals surface area contributed by atoms with Crippen LogP contribution in [0.1, 0.15) is 31.5 Å². The van der Waals surface area contributed by atoms with Crippen molar-refractivity contribution in [2.75, 3.05) is 6.61 Å². The number of aliphatic hydroxyl groups is 1. The number of imidazole rings is 1. The number of fused-ring (bicyclic) bond motifs is 1. The van der Waals surface area contributed by atoms with E-state index in [0.717, 1.165) is 21.3 Å². The highest BCUT2D eigenvalue weighted by Crippen LogP contribution is 2.40. The van der Waals surface area contributed by atoms with E-state index in [1.165, 1.54) is 23.8 Å². The second kappa shape index (κ2) is 8.82. The van der Waals surface area contributed by atoms with E-state index in [0.29, 0.717) is 5.57 Å². The number of hydrogen-bond donors (Lipinski definition) is 1. The lowest BCUT2D eigenvalue weighted by Crippen LogP contribution is -2.39. The number of hydrogen-bond acceptors (Lipinski definition) is 4. The standard InChI is InChI=1S/C22H21F5N4O3/c1-29-19-17(20(33)30(21(29)34)9-2-10-32)31(14-7-8-15(23)16(24)11-14)18(28-19)12-3-5-13(6-4-12)22(25,26)27/h3,7-8,11,13,32H,2,4-6,9-10H2,1H3. The van der Waals surface area contributed by atoms with Crippen LogP contribution in [0.15, 0.2) is 33.9 Å². The molecule has 0 fully saturated rings. The lowest BCUT2D eigenvalue weighted by Gasteiger charge is -2.24. The molecule has 1 atom stereocenters. The largest absolute Gasteiger partial charge is 0.396 e. The zero-order valence-electron chi connectivity index (χ0n) is 18.1. The van der Waals surface area contributed by atoms with Gasteiger partial charge in [0.1, 0.15) is 5.82 Å². The number of aromatic nitrogens is 4. The van der Waals surface area contributed by atoms with Crippen molar-refractivity contribution in [3.05, 3.63) is 62.6 Å². The molecule has 1 aliphatic carbocycles. The summed E-state index contributed by atoms with van der Waals surface area (Å²) >= 11 is 0. The summed E-state index contributed by atoms with van der Waals surface area (Å²) in [6.07, 6.45) is -3.36. The minimum atomic E-state index is -4.35. The van der Waals surface area contributed by atoms with Crippen molar-refractivity contribution < 1.29 is 27.1 Å². The molecule has 182 valence electrons.